The molecular formula is C17H14F6S2. The molecule has 0 spiro atoms. The zero-order chi connectivity index (χ0) is 18.5. The minimum atomic E-state index is -4.37. The van der Waals surface area contributed by atoms with Crippen LogP contribution in [0.1, 0.15) is 11.1 Å². The molecule has 0 saturated heterocycles. The zero-order valence-corrected chi connectivity index (χ0v) is 14.4. The largest absolute Gasteiger partial charge is 0.416 e. The van der Waals surface area contributed by atoms with Crippen LogP contribution in [-0.2, 0) is 11.9 Å². The molecule has 0 amide bonds. The molecular weight excluding hydrogens is 382 g/mol. The molecule has 1 unspecified atom stereocenters. The first kappa shape index (κ1) is 20.0. The van der Waals surface area contributed by atoms with Gasteiger partial charge in [-0.25, -0.2) is 0 Å². The number of hydrogen-bond acceptors (Lipinski definition) is 2. The second-order valence-corrected chi connectivity index (χ2v) is 7.78. The van der Waals surface area contributed by atoms with Gasteiger partial charge in [0.15, 0.2) is 0 Å². The van der Waals surface area contributed by atoms with Crippen molar-refractivity contribution in [3.05, 3.63) is 71.3 Å². The fraction of sp³-hybridized carbons (Fsp3) is 0.294. The van der Waals surface area contributed by atoms with Crippen molar-refractivity contribution in [1.29, 1.82) is 0 Å². The standard InChI is InChI=1S/C17H14F6S2/c18-16(19,20)14-5-1-3-12(7-8-14)10-24-25-11-13-4-2-6-15(9-13)17(21,22)23/h1-9,12H,10-11H2. The summed E-state index contributed by atoms with van der Waals surface area (Å²) in [6.07, 6.45) is -2.12. The van der Waals surface area contributed by atoms with Crippen LogP contribution in [0.3, 0.4) is 0 Å². The molecule has 0 N–H and O–H groups in total. The Morgan fingerprint density at radius 2 is 1.68 bits per heavy atom. The van der Waals surface area contributed by atoms with Crippen LogP contribution in [0, 0.1) is 5.92 Å². The third-order valence-corrected chi connectivity index (χ3v) is 5.71. The number of hydrogen-bond donors (Lipinski definition) is 0. The van der Waals surface area contributed by atoms with E-state index < -0.39 is 23.5 Å². The molecule has 2 rings (SSSR count). The van der Waals surface area contributed by atoms with Gasteiger partial charge in [0, 0.05) is 17.4 Å². The summed E-state index contributed by atoms with van der Waals surface area (Å²) in [5.74, 6) is 0.770. The van der Waals surface area contributed by atoms with Gasteiger partial charge in [0.25, 0.3) is 0 Å². The minimum Gasteiger partial charge on any atom is -0.166 e. The molecule has 0 radical (unpaired) electrons. The normalized spacial score (nSPS) is 18.2. The van der Waals surface area contributed by atoms with Gasteiger partial charge in [-0.15, -0.1) is 0 Å². The Bertz CT molecular complexity index is 670. The van der Waals surface area contributed by atoms with Gasteiger partial charge in [0.05, 0.1) is 11.1 Å². The fourth-order valence-corrected chi connectivity index (χ4v) is 4.32. The molecule has 0 fully saturated rings. The van der Waals surface area contributed by atoms with Gasteiger partial charge < -0.3 is 0 Å². The summed E-state index contributed by atoms with van der Waals surface area (Å²) in [4.78, 5) is 0. The number of halogens is 6. The minimum absolute atomic E-state index is 0.157. The van der Waals surface area contributed by atoms with E-state index in [4.69, 9.17) is 0 Å². The lowest BCUT2D eigenvalue weighted by Crippen LogP contribution is -2.09. The topological polar surface area (TPSA) is 0 Å². The molecule has 0 bridgehead atoms. The van der Waals surface area contributed by atoms with Gasteiger partial charge in [-0.1, -0.05) is 70.2 Å². The van der Waals surface area contributed by atoms with Crippen LogP contribution >= 0.6 is 21.6 Å². The summed E-state index contributed by atoms with van der Waals surface area (Å²) in [5.41, 5.74) is -0.829. The quantitative estimate of drug-likeness (QED) is 0.304. The maximum Gasteiger partial charge on any atom is 0.416 e. The van der Waals surface area contributed by atoms with Gasteiger partial charge in [-0.2, -0.15) is 26.3 Å². The molecule has 0 heterocycles. The maximum atomic E-state index is 12.6. The average molecular weight is 396 g/mol. The predicted octanol–water partition coefficient (Wildman–Crippen LogP) is 6.82. The zero-order valence-electron chi connectivity index (χ0n) is 12.8. The van der Waals surface area contributed by atoms with Crippen molar-refractivity contribution < 1.29 is 26.3 Å². The summed E-state index contributed by atoms with van der Waals surface area (Å²) in [6.45, 7) is 0. The third-order valence-electron chi connectivity index (χ3n) is 3.31. The van der Waals surface area contributed by atoms with Gasteiger partial charge in [0.1, 0.15) is 0 Å². The van der Waals surface area contributed by atoms with Gasteiger partial charge in [-0.3, -0.25) is 0 Å². The highest BCUT2D eigenvalue weighted by atomic mass is 33.1. The molecule has 25 heavy (non-hydrogen) atoms. The van der Waals surface area contributed by atoms with Gasteiger partial charge in [-0.05, 0) is 11.6 Å². The van der Waals surface area contributed by atoms with E-state index >= 15 is 0 Å². The predicted molar refractivity (Wildman–Crippen MR) is 91.1 cm³/mol. The SMILES string of the molecule is FC(F)(F)C1=CC=CC(CSSCc2cccc(C(F)(F)F)c2)C=C1. The molecule has 8 heteroatoms. The van der Waals surface area contributed by atoms with Crippen LogP contribution in [-0.4, -0.2) is 11.9 Å². The summed E-state index contributed by atoms with van der Waals surface area (Å²) in [6, 6.07) is 5.12. The van der Waals surface area contributed by atoms with Crippen molar-refractivity contribution in [2.45, 2.75) is 18.1 Å². The molecule has 136 valence electrons. The van der Waals surface area contributed by atoms with E-state index in [0.29, 0.717) is 17.1 Å². The molecule has 1 aromatic rings. The van der Waals surface area contributed by atoms with Crippen molar-refractivity contribution in [3.8, 4) is 0 Å². The average Bonchev–Trinajstić information content (AvgIpc) is 2.76. The second-order valence-electron chi connectivity index (χ2n) is 5.27. The van der Waals surface area contributed by atoms with E-state index in [2.05, 4.69) is 0 Å². The first-order valence-electron chi connectivity index (χ1n) is 7.21. The first-order chi connectivity index (χ1) is 11.7. The van der Waals surface area contributed by atoms with E-state index in [9.17, 15) is 26.3 Å². The summed E-state index contributed by atoms with van der Waals surface area (Å²) in [7, 11) is 2.79. The lowest BCUT2D eigenvalue weighted by molar-refractivity contribution is -0.137. The smallest absolute Gasteiger partial charge is 0.166 e. The monoisotopic (exact) mass is 396 g/mol. The van der Waals surface area contributed by atoms with Crippen LogP contribution in [0.15, 0.2) is 60.2 Å². The maximum absolute atomic E-state index is 12.6. The number of benzene rings is 1. The van der Waals surface area contributed by atoms with Crippen molar-refractivity contribution >= 4 is 21.6 Å². The summed E-state index contributed by atoms with van der Waals surface area (Å²) in [5, 5.41) is 0. The molecule has 0 saturated carbocycles. The van der Waals surface area contributed by atoms with Crippen LogP contribution in [0.4, 0.5) is 26.3 Å². The first-order valence-corrected chi connectivity index (χ1v) is 9.69. The van der Waals surface area contributed by atoms with Crippen LogP contribution in [0.25, 0.3) is 0 Å². The van der Waals surface area contributed by atoms with E-state index in [0.717, 1.165) is 24.3 Å². The van der Waals surface area contributed by atoms with E-state index in [1.165, 1.54) is 39.8 Å². The fourth-order valence-electron chi connectivity index (χ4n) is 2.02. The van der Waals surface area contributed by atoms with E-state index in [1.807, 2.05) is 0 Å². The lowest BCUT2D eigenvalue weighted by Gasteiger charge is -2.09. The van der Waals surface area contributed by atoms with Crippen molar-refractivity contribution in [3.63, 3.8) is 0 Å². The lowest BCUT2D eigenvalue weighted by atomic mass is 10.1. The summed E-state index contributed by atoms with van der Waals surface area (Å²) < 4.78 is 75.8. The molecule has 1 aromatic carbocycles. The van der Waals surface area contributed by atoms with Crippen molar-refractivity contribution in [2.24, 2.45) is 5.92 Å². The highest BCUT2D eigenvalue weighted by Gasteiger charge is 2.32. The Morgan fingerprint density at radius 1 is 0.920 bits per heavy atom. The number of alkyl halides is 6. The Morgan fingerprint density at radius 3 is 2.36 bits per heavy atom. The van der Waals surface area contributed by atoms with Crippen LogP contribution in [0.5, 0.6) is 0 Å². The van der Waals surface area contributed by atoms with Crippen molar-refractivity contribution in [1.82, 2.24) is 0 Å². The van der Waals surface area contributed by atoms with E-state index in [1.54, 1.807) is 12.1 Å². The molecule has 1 aliphatic carbocycles. The Kier molecular flexibility index (Phi) is 6.73. The Labute approximate surface area is 149 Å². The number of rotatable bonds is 5. The highest BCUT2D eigenvalue weighted by molar-refractivity contribution is 8.76. The third kappa shape index (κ3) is 6.51. The number of allylic oxidation sites excluding steroid dienone is 6. The van der Waals surface area contributed by atoms with E-state index in [-0.39, 0.29) is 5.92 Å². The Hall–Kier alpha value is -1.28. The molecule has 0 aliphatic heterocycles. The van der Waals surface area contributed by atoms with Gasteiger partial charge >= 0.3 is 12.4 Å². The molecule has 1 aliphatic rings. The van der Waals surface area contributed by atoms with Crippen molar-refractivity contribution in [2.75, 3.05) is 5.75 Å². The highest BCUT2D eigenvalue weighted by Crippen LogP contribution is 2.34. The van der Waals surface area contributed by atoms with Crippen LogP contribution in [0.2, 0.25) is 0 Å². The molecule has 0 nitrogen and oxygen atoms in total. The van der Waals surface area contributed by atoms with Crippen LogP contribution < -0.4 is 0 Å². The second kappa shape index (κ2) is 8.40. The molecule has 1 atom stereocenters. The summed E-state index contributed by atoms with van der Waals surface area (Å²) >= 11 is 0. The Balaban J connectivity index is 1.81. The van der Waals surface area contributed by atoms with Gasteiger partial charge in [0.2, 0.25) is 0 Å². The molecule has 0 aromatic heterocycles.